The maximum atomic E-state index is 11.8. The number of benzene rings is 1. The number of amides is 1. The minimum absolute atomic E-state index is 0.0933. The molecule has 0 atom stereocenters. The van der Waals surface area contributed by atoms with Crippen molar-refractivity contribution in [1.82, 2.24) is 0 Å². The molecular weight excluding hydrogens is 218 g/mol. The first-order valence-corrected chi connectivity index (χ1v) is 5.62. The third-order valence-electron chi connectivity index (χ3n) is 2.37. The van der Waals surface area contributed by atoms with E-state index in [0.29, 0.717) is 6.61 Å². The highest BCUT2D eigenvalue weighted by Gasteiger charge is 2.12. The number of hydrogen-bond acceptors (Lipinski definition) is 3. The van der Waals surface area contributed by atoms with Crippen molar-refractivity contribution < 1.29 is 14.3 Å². The summed E-state index contributed by atoms with van der Waals surface area (Å²) >= 11 is 0. The number of carbonyl (C=O) groups is 2. The van der Waals surface area contributed by atoms with E-state index in [2.05, 4.69) is 0 Å². The molecule has 1 aromatic rings. The highest BCUT2D eigenvalue weighted by molar-refractivity contribution is 5.94. The first-order chi connectivity index (χ1) is 8.15. The van der Waals surface area contributed by atoms with Gasteiger partial charge in [-0.25, -0.2) is 0 Å². The number of carbonyl (C=O) groups excluding carboxylic acids is 2. The van der Waals surface area contributed by atoms with Crippen LogP contribution in [0.4, 0.5) is 5.69 Å². The summed E-state index contributed by atoms with van der Waals surface area (Å²) in [6.45, 7) is 2.09. The number of esters is 1. The van der Waals surface area contributed by atoms with E-state index in [1.807, 2.05) is 30.3 Å². The molecule has 0 saturated carbocycles. The fraction of sp³-hybridized carbons (Fsp3) is 0.385. The Bertz CT molecular complexity index is 376. The van der Waals surface area contributed by atoms with E-state index in [4.69, 9.17) is 4.74 Å². The van der Waals surface area contributed by atoms with Gasteiger partial charge in [-0.2, -0.15) is 0 Å². The van der Waals surface area contributed by atoms with Gasteiger partial charge >= 0.3 is 5.97 Å². The molecule has 0 fully saturated rings. The molecule has 0 aliphatic carbocycles. The topological polar surface area (TPSA) is 46.6 Å². The molecule has 0 N–H and O–H groups in total. The van der Waals surface area contributed by atoms with Gasteiger partial charge in [0.1, 0.15) is 0 Å². The van der Waals surface area contributed by atoms with Crippen molar-refractivity contribution in [3.63, 3.8) is 0 Å². The van der Waals surface area contributed by atoms with Gasteiger partial charge in [-0.15, -0.1) is 0 Å². The van der Waals surface area contributed by atoms with Crippen LogP contribution in [0.5, 0.6) is 0 Å². The van der Waals surface area contributed by atoms with Crippen LogP contribution in [0.15, 0.2) is 30.3 Å². The summed E-state index contributed by atoms with van der Waals surface area (Å²) < 4.78 is 4.77. The number of hydrogen-bond donors (Lipinski definition) is 0. The monoisotopic (exact) mass is 235 g/mol. The molecule has 17 heavy (non-hydrogen) atoms. The van der Waals surface area contributed by atoms with Crippen molar-refractivity contribution in [3.8, 4) is 0 Å². The SMILES string of the molecule is CCOC(=O)CCC(=O)N(C)c1ccccc1. The van der Waals surface area contributed by atoms with E-state index in [0.717, 1.165) is 5.69 Å². The number of para-hydroxylation sites is 1. The largest absolute Gasteiger partial charge is 0.466 e. The van der Waals surface area contributed by atoms with Crippen LogP contribution < -0.4 is 4.90 Å². The van der Waals surface area contributed by atoms with Crippen LogP contribution >= 0.6 is 0 Å². The molecule has 1 amide bonds. The molecule has 0 aromatic heterocycles. The zero-order valence-electron chi connectivity index (χ0n) is 10.2. The third kappa shape index (κ3) is 4.26. The molecule has 0 bridgehead atoms. The minimum atomic E-state index is -0.331. The molecule has 4 nitrogen and oxygen atoms in total. The van der Waals surface area contributed by atoms with Gasteiger partial charge in [0, 0.05) is 19.2 Å². The second-order valence-corrected chi connectivity index (χ2v) is 3.59. The van der Waals surface area contributed by atoms with Crippen LogP contribution in [0.1, 0.15) is 19.8 Å². The molecule has 0 spiro atoms. The van der Waals surface area contributed by atoms with E-state index in [1.54, 1.807) is 18.9 Å². The Kier molecular flexibility index (Phi) is 5.20. The van der Waals surface area contributed by atoms with Crippen LogP contribution in [-0.4, -0.2) is 25.5 Å². The van der Waals surface area contributed by atoms with Gasteiger partial charge in [-0.3, -0.25) is 9.59 Å². The Morgan fingerprint density at radius 1 is 1.18 bits per heavy atom. The van der Waals surface area contributed by atoms with Gasteiger partial charge in [-0.05, 0) is 19.1 Å². The molecule has 0 unspecified atom stereocenters. The first kappa shape index (κ1) is 13.2. The van der Waals surface area contributed by atoms with Gasteiger partial charge in [0.15, 0.2) is 0 Å². The van der Waals surface area contributed by atoms with Gasteiger partial charge in [0.25, 0.3) is 0 Å². The fourth-order valence-electron chi connectivity index (χ4n) is 1.41. The summed E-state index contributed by atoms with van der Waals surface area (Å²) in [5.74, 6) is -0.424. The molecule has 0 aliphatic heterocycles. The lowest BCUT2D eigenvalue weighted by Gasteiger charge is -2.16. The average Bonchev–Trinajstić information content (AvgIpc) is 2.36. The number of ether oxygens (including phenoxy) is 1. The Labute approximate surface area is 101 Å². The minimum Gasteiger partial charge on any atom is -0.466 e. The van der Waals surface area contributed by atoms with Crippen LogP contribution in [0.2, 0.25) is 0 Å². The highest BCUT2D eigenvalue weighted by atomic mass is 16.5. The smallest absolute Gasteiger partial charge is 0.306 e. The third-order valence-corrected chi connectivity index (χ3v) is 2.37. The highest BCUT2D eigenvalue weighted by Crippen LogP contribution is 2.12. The lowest BCUT2D eigenvalue weighted by Crippen LogP contribution is -2.26. The Hall–Kier alpha value is -1.84. The molecule has 0 aliphatic rings. The lowest BCUT2D eigenvalue weighted by atomic mass is 10.2. The lowest BCUT2D eigenvalue weighted by molar-refractivity contribution is -0.144. The van der Waals surface area contributed by atoms with Crippen molar-refractivity contribution in [3.05, 3.63) is 30.3 Å². The average molecular weight is 235 g/mol. The Morgan fingerprint density at radius 2 is 1.82 bits per heavy atom. The zero-order valence-corrected chi connectivity index (χ0v) is 10.2. The van der Waals surface area contributed by atoms with Crippen molar-refractivity contribution in [1.29, 1.82) is 0 Å². The second-order valence-electron chi connectivity index (χ2n) is 3.59. The van der Waals surface area contributed by atoms with Crippen molar-refractivity contribution in [2.24, 2.45) is 0 Å². The summed E-state index contributed by atoms with van der Waals surface area (Å²) in [6.07, 6.45) is 0.300. The second kappa shape index (κ2) is 6.68. The summed E-state index contributed by atoms with van der Waals surface area (Å²) in [4.78, 5) is 24.4. The maximum absolute atomic E-state index is 11.8. The summed E-state index contributed by atoms with van der Waals surface area (Å²) in [5.41, 5.74) is 0.821. The number of rotatable bonds is 5. The standard InChI is InChI=1S/C13H17NO3/c1-3-17-13(16)10-9-12(15)14(2)11-7-5-4-6-8-11/h4-8H,3,9-10H2,1-2H3. The van der Waals surface area contributed by atoms with E-state index in [1.165, 1.54) is 0 Å². The molecule has 0 heterocycles. The van der Waals surface area contributed by atoms with Crippen LogP contribution in [0.25, 0.3) is 0 Å². The van der Waals surface area contributed by atoms with E-state index >= 15 is 0 Å². The van der Waals surface area contributed by atoms with E-state index in [9.17, 15) is 9.59 Å². The van der Waals surface area contributed by atoms with Gasteiger partial charge in [-0.1, -0.05) is 18.2 Å². The molecule has 92 valence electrons. The zero-order chi connectivity index (χ0) is 12.7. The van der Waals surface area contributed by atoms with Crippen LogP contribution in [-0.2, 0) is 14.3 Å². The van der Waals surface area contributed by atoms with E-state index in [-0.39, 0.29) is 24.7 Å². The molecule has 4 heteroatoms. The molecule has 0 saturated heterocycles. The van der Waals surface area contributed by atoms with E-state index < -0.39 is 0 Å². The van der Waals surface area contributed by atoms with Gasteiger partial charge in [0.05, 0.1) is 13.0 Å². The number of anilines is 1. The predicted molar refractivity (Wildman–Crippen MR) is 65.7 cm³/mol. The summed E-state index contributed by atoms with van der Waals surface area (Å²) in [6, 6.07) is 9.32. The van der Waals surface area contributed by atoms with Gasteiger partial charge in [0.2, 0.25) is 5.91 Å². The van der Waals surface area contributed by atoms with Crippen molar-refractivity contribution in [2.75, 3.05) is 18.6 Å². The van der Waals surface area contributed by atoms with Crippen molar-refractivity contribution >= 4 is 17.6 Å². The normalized spacial score (nSPS) is 9.76. The van der Waals surface area contributed by atoms with Gasteiger partial charge < -0.3 is 9.64 Å². The molecule has 1 rings (SSSR count). The molecule has 1 aromatic carbocycles. The quantitative estimate of drug-likeness (QED) is 0.733. The summed E-state index contributed by atoms with van der Waals surface area (Å²) in [7, 11) is 1.70. The molecule has 0 radical (unpaired) electrons. The molecular formula is C13H17NO3. The number of nitrogens with zero attached hydrogens (tertiary/aromatic N) is 1. The van der Waals surface area contributed by atoms with Crippen LogP contribution in [0, 0.1) is 0 Å². The first-order valence-electron chi connectivity index (χ1n) is 5.62. The fourth-order valence-corrected chi connectivity index (χ4v) is 1.41. The maximum Gasteiger partial charge on any atom is 0.306 e. The Morgan fingerprint density at radius 3 is 2.41 bits per heavy atom. The summed E-state index contributed by atoms with van der Waals surface area (Å²) in [5, 5.41) is 0. The Balaban J connectivity index is 2.45. The van der Waals surface area contributed by atoms with Crippen molar-refractivity contribution in [2.45, 2.75) is 19.8 Å². The predicted octanol–water partition coefficient (Wildman–Crippen LogP) is 1.99. The van der Waals surface area contributed by atoms with Crippen LogP contribution in [0.3, 0.4) is 0 Å².